The van der Waals surface area contributed by atoms with Crippen molar-refractivity contribution in [1.82, 2.24) is 10.6 Å². The predicted molar refractivity (Wildman–Crippen MR) is 91.4 cm³/mol. The molecule has 0 radical (unpaired) electrons. The van der Waals surface area contributed by atoms with E-state index >= 15 is 0 Å². The Morgan fingerprint density at radius 3 is 2.75 bits per heavy atom. The summed E-state index contributed by atoms with van der Waals surface area (Å²) in [5, 5.41) is 7.56. The third kappa shape index (κ3) is 4.11. The highest BCUT2D eigenvalue weighted by atomic mass is 32.1. The van der Waals surface area contributed by atoms with Crippen molar-refractivity contribution in [1.29, 1.82) is 0 Å². The molecule has 0 aliphatic carbocycles. The van der Waals surface area contributed by atoms with Crippen molar-refractivity contribution in [2.24, 2.45) is 5.92 Å². The standard InChI is InChI=1S/C17H18FN3O2S/c18-13-3-5-14(6-4-13)21-11-12(8-16(21)22)9-19-17(23)20-10-15-2-1-7-24-15/h1-7,12H,8-11H2,(H2,19,20,23). The van der Waals surface area contributed by atoms with Gasteiger partial charge in [0, 0.05) is 36.0 Å². The fourth-order valence-corrected chi connectivity index (χ4v) is 3.31. The SMILES string of the molecule is O=C(NCc1cccs1)NCC1CC(=O)N(c2ccc(F)cc2)C1. The summed E-state index contributed by atoms with van der Waals surface area (Å²) in [7, 11) is 0. The Balaban J connectivity index is 1.45. The first-order valence-corrected chi connectivity index (χ1v) is 8.60. The zero-order chi connectivity index (χ0) is 16.9. The molecule has 1 aliphatic rings. The molecule has 7 heteroatoms. The lowest BCUT2D eigenvalue weighted by Crippen LogP contribution is -2.38. The van der Waals surface area contributed by atoms with Gasteiger partial charge in [-0.15, -0.1) is 11.3 Å². The van der Waals surface area contributed by atoms with E-state index < -0.39 is 0 Å². The summed E-state index contributed by atoms with van der Waals surface area (Å²) in [6, 6.07) is 9.53. The van der Waals surface area contributed by atoms with E-state index in [-0.39, 0.29) is 23.7 Å². The zero-order valence-corrected chi connectivity index (χ0v) is 13.8. The van der Waals surface area contributed by atoms with Crippen LogP contribution < -0.4 is 15.5 Å². The van der Waals surface area contributed by atoms with Crippen LogP contribution in [-0.4, -0.2) is 25.0 Å². The first kappa shape index (κ1) is 16.4. The predicted octanol–water partition coefficient (Wildman–Crippen LogP) is 2.74. The number of rotatable bonds is 5. The Morgan fingerprint density at radius 1 is 1.25 bits per heavy atom. The van der Waals surface area contributed by atoms with Crippen molar-refractivity contribution in [3.8, 4) is 0 Å². The van der Waals surface area contributed by atoms with Crippen molar-refractivity contribution in [3.05, 3.63) is 52.5 Å². The second-order valence-electron chi connectivity index (χ2n) is 5.69. The molecule has 3 amide bonds. The van der Waals surface area contributed by atoms with Crippen molar-refractivity contribution < 1.29 is 14.0 Å². The highest BCUT2D eigenvalue weighted by molar-refractivity contribution is 7.09. The largest absolute Gasteiger partial charge is 0.338 e. The van der Waals surface area contributed by atoms with Crippen LogP contribution in [-0.2, 0) is 11.3 Å². The zero-order valence-electron chi connectivity index (χ0n) is 13.0. The number of carbonyl (C=O) groups excluding carboxylic acids is 2. The summed E-state index contributed by atoms with van der Waals surface area (Å²) in [6.45, 7) is 1.45. The van der Waals surface area contributed by atoms with Crippen LogP contribution in [0, 0.1) is 11.7 Å². The van der Waals surface area contributed by atoms with Gasteiger partial charge in [0.25, 0.3) is 0 Å². The Morgan fingerprint density at radius 2 is 2.04 bits per heavy atom. The lowest BCUT2D eigenvalue weighted by molar-refractivity contribution is -0.117. The molecule has 1 aliphatic heterocycles. The van der Waals surface area contributed by atoms with Crippen LogP contribution in [0.15, 0.2) is 41.8 Å². The Kier molecular flexibility index (Phi) is 5.10. The maximum atomic E-state index is 13.0. The molecule has 2 aromatic rings. The molecule has 1 aromatic carbocycles. The van der Waals surface area contributed by atoms with E-state index in [1.807, 2.05) is 17.5 Å². The van der Waals surface area contributed by atoms with Gasteiger partial charge in [-0.2, -0.15) is 0 Å². The molecule has 0 bridgehead atoms. The molecular formula is C17H18FN3O2S. The number of hydrogen-bond donors (Lipinski definition) is 2. The molecule has 0 saturated carbocycles. The van der Waals surface area contributed by atoms with Gasteiger partial charge in [0.05, 0.1) is 6.54 Å². The van der Waals surface area contributed by atoms with Gasteiger partial charge in [-0.3, -0.25) is 4.79 Å². The number of amides is 3. The van der Waals surface area contributed by atoms with E-state index in [4.69, 9.17) is 0 Å². The van der Waals surface area contributed by atoms with E-state index in [0.29, 0.717) is 31.7 Å². The number of thiophene rings is 1. The topological polar surface area (TPSA) is 61.4 Å². The van der Waals surface area contributed by atoms with Crippen LogP contribution in [0.2, 0.25) is 0 Å². The molecule has 2 heterocycles. The minimum Gasteiger partial charge on any atom is -0.338 e. The fourth-order valence-electron chi connectivity index (χ4n) is 2.67. The summed E-state index contributed by atoms with van der Waals surface area (Å²) in [6.07, 6.45) is 0.378. The number of benzene rings is 1. The number of urea groups is 1. The average Bonchev–Trinajstić information content (AvgIpc) is 3.21. The smallest absolute Gasteiger partial charge is 0.315 e. The maximum absolute atomic E-state index is 13.0. The minimum absolute atomic E-state index is 0.00704. The van der Waals surface area contributed by atoms with Crippen LogP contribution in [0.1, 0.15) is 11.3 Å². The van der Waals surface area contributed by atoms with E-state index in [1.165, 1.54) is 12.1 Å². The Bertz CT molecular complexity index is 703. The van der Waals surface area contributed by atoms with Crippen LogP contribution in [0.3, 0.4) is 0 Å². The second kappa shape index (κ2) is 7.44. The Hall–Kier alpha value is -2.41. The molecule has 1 unspecified atom stereocenters. The monoisotopic (exact) mass is 347 g/mol. The lowest BCUT2D eigenvalue weighted by Gasteiger charge is -2.17. The van der Waals surface area contributed by atoms with Crippen molar-refractivity contribution in [2.45, 2.75) is 13.0 Å². The summed E-state index contributed by atoms with van der Waals surface area (Å²) in [5.41, 5.74) is 0.686. The third-order valence-electron chi connectivity index (χ3n) is 3.90. The first-order chi connectivity index (χ1) is 11.6. The molecular weight excluding hydrogens is 329 g/mol. The van der Waals surface area contributed by atoms with Crippen molar-refractivity contribution in [3.63, 3.8) is 0 Å². The van der Waals surface area contributed by atoms with Crippen molar-refractivity contribution >= 4 is 29.0 Å². The molecule has 2 N–H and O–H groups in total. The Labute approximate surface area is 143 Å². The van der Waals surface area contributed by atoms with Crippen LogP contribution in [0.4, 0.5) is 14.9 Å². The first-order valence-electron chi connectivity index (χ1n) is 7.72. The summed E-state index contributed by atoms with van der Waals surface area (Å²) in [4.78, 5) is 26.6. The van der Waals surface area contributed by atoms with E-state index in [1.54, 1.807) is 28.4 Å². The fraction of sp³-hybridized carbons (Fsp3) is 0.294. The van der Waals surface area contributed by atoms with Gasteiger partial charge in [-0.1, -0.05) is 6.07 Å². The van der Waals surface area contributed by atoms with Crippen LogP contribution in [0.25, 0.3) is 0 Å². The molecule has 24 heavy (non-hydrogen) atoms. The van der Waals surface area contributed by atoms with Crippen molar-refractivity contribution in [2.75, 3.05) is 18.0 Å². The molecule has 0 spiro atoms. The molecule has 5 nitrogen and oxygen atoms in total. The summed E-state index contributed by atoms with van der Waals surface area (Å²) < 4.78 is 13.0. The molecule has 1 atom stereocenters. The number of halogens is 1. The van der Waals surface area contributed by atoms with Gasteiger partial charge in [-0.25, -0.2) is 9.18 Å². The minimum atomic E-state index is -0.328. The van der Waals surface area contributed by atoms with E-state index in [2.05, 4.69) is 10.6 Å². The van der Waals surface area contributed by atoms with Gasteiger partial charge >= 0.3 is 6.03 Å². The number of nitrogens with one attached hydrogen (secondary N) is 2. The number of hydrogen-bond acceptors (Lipinski definition) is 3. The van der Waals surface area contributed by atoms with Gasteiger partial charge in [-0.05, 0) is 35.7 Å². The molecule has 1 saturated heterocycles. The van der Waals surface area contributed by atoms with Gasteiger partial charge in [0.1, 0.15) is 5.82 Å². The maximum Gasteiger partial charge on any atom is 0.315 e. The molecule has 1 fully saturated rings. The molecule has 1 aromatic heterocycles. The second-order valence-corrected chi connectivity index (χ2v) is 6.73. The highest BCUT2D eigenvalue weighted by Gasteiger charge is 2.30. The van der Waals surface area contributed by atoms with Crippen LogP contribution in [0.5, 0.6) is 0 Å². The highest BCUT2D eigenvalue weighted by Crippen LogP contribution is 2.24. The summed E-state index contributed by atoms with van der Waals surface area (Å²) in [5.74, 6) is -0.284. The normalized spacial score (nSPS) is 17.1. The summed E-state index contributed by atoms with van der Waals surface area (Å²) >= 11 is 1.59. The van der Waals surface area contributed by atoms with Gasteiger partial charge in [0.2, 0.25) is 5.91 Å². The third-order valence-corrected chi connectivity index (χ3v) is 4.77. The number of nitrogens with zero attached hydrogens (tertiary/aromatic N) is 1. The molecule has 126 valence electrons. The average molecular weight is 347 g/mol. The number of carbonyl (C=O) groups is 2. The quantitative estimate of drug-likeness (QED) is 0.874. The van der Waals surface area contributed by atoms with E-state index in [0.717, 1.165) is 4.88 Å². The van der Waals surface area contributed by atoms with Gasteiger partial charge in [0.15, 0.2) is 0 Å². The van der Waals surface area contributed by atoms with E-state index in [9.17, 15) is 14.0 Å². The molecule has 3 rings (SSSR count). The van der Waals surface area contributed by atoms with Gasteiger partial charge < -0.3 is 15.5 Å². The number of anilines is 1. The van der Waals surface area contributed by atoms with Crippen LogP contribution >= 0.6 is 11.3 Å². The lowest BCUT2D eigenvalue weighted by atomic mass is 10.1.